The molecule has 0 bridgehead atoms. The molecule has 4 aromatic rings. The highest BCUT2D eigenvalue weighted by atomic mass is 16.5. The summed E-state index contributed by atoms with van der Waals surface area (Å²) in [6, 6.07) is 18.3. The van der Waals surface area contributed by atoms with Crippen molar-refractivity contribution >= 4 is 41.2 Å². The first-order valence-corrected chi connectivity index (χ1v) is 15.7. The van der Waals surface area contributed by atoms with Gasteiger partial charge in [-0.25, -0.2) is 0 Å². The van der Waals surface area contributed by atoms with Gasteiger partial charge >= 0.3 is 0 Å². The number of amides is 3. The van der Waals surface area contributed by atoms with E-state index in [1.807, 2.05) is 67.0 Å². The van der Waals surface area contributed by atoms with Gasteiger partial charge in [-0.15, -0.1) is 0 Å². The summed E-state index contributed by atoms with van der Waals surface area (Å²) in [5.41, 5.74) is 4.27. The number of carbonyl (C=O) groups excluding carboxylic acids is 3. The average Bonchev–Trinajstić information content (AvgIpc) is 3.67. The van der Waals surface area contributed by atoms with Crippen LogP contribution in [0.4, 0.5) is 11.4 Å². The van der Waals surface area contributed by atoms with E-state index in [2.05, 4.69) is 20.9 Å². The van der Waals surface area contributed by atoms with Gasteiger partial charge in [-0.3, -0.25) is 19.3 Å². The minimum Gasteiger partial charge on any atom is -0.497 e. The molecule has 1 fully saturated rings. The number of morpholine rings is 1. The van der Waals surface area contributed by atoms with Gasteiger partial charge in [0.1, 0.15) is 17.1 Å². The zero-order chi connectivity index (χ0) is 33.3. The van der Waals surface area contributed by atoms with Crippen LogP contribution in [0, 0.1) is 0 Å². The van der Waals surface area contributed by atoms with Gasteiger partial charge in [0.2, 0.25) is 0 Å². The largest absolute Gasteiger partial charge is 0.497 e. The number of ether oxygens (including phenoxy) is 2. The van der Waals surface area contributed by atoms with Gasteiger partial charge in [0.15, 0.2) is 0 Å². The molecule has 5 rings (SSSR count). The fourth-order valence-electron chi connectivity index (χ4n) is 5.34. The summed E-state index contributed by atoms with van der Waals surface area (Å²) >= 11 is 0. The van der Waals surface area contributed by atoms with E-state index in [0.717, 1.165) is 36.5 Å². The van der Waals surface area contributed by atoms with Crippen molar-refractivity contribution in [2.24, 2.45) is 7.05 Å². The number of rotatable bonds is 12. The summed E-state index contributed by atoms with van der Waals surface area (Å²) in [4.78, 5) is 41.6. The minimum atomic E-state index is -0.361. The van der Waals surface area contributed by atoms with Crippen LogP contribution in [0.2, 0.25) is 0 Å². The highest BCUT2D eigenvalue weighted by molar-refractivity contribution is 6.07. The summed E-state index contributed by atoms with van der Waals surface area (Å²) in [5, 5.41) is 8.78. The summed E-state index contributed by atoms with van der Waals surface area (Å²) in [5.74, 6) is -0.0582. The topological polar surface area (TPSA) is 119 Å². The number of methoxy groups -OCH3 is 1. The molecular weight excluding hydrogens is 596 g/mol. The lowest BCUT2D eigenvalue weighted by molar-refractivity contribution is 0.0383. The number of nitrogens with one attached hydrogen (secondary N) is 3. The number of aryl methyl sites for hydroxylation is 1. The molecule has 3 amide bonds. The summed E-state index contributed by atoms with van der Waals surface area (Å²) in [7, 11) is 3.37. The number of anilines is 2. The van der Waals surface area contributed by atoms with Gasteiger partial charge in [0.25, 0.3) is 17.7 Å². The van der Waals surface area contributed by atoms with Crippen molar-refractivity contribution in [3.63, 3.8) is 0 Å². The first-order chi connectivity index (χ1) is 22.7. The highest BCUT2D eigenvalue weighted by Gasteiger charge is 2.20. The van der Waals surface area contributed by atoms with Crippen LogP contribution in [0.5, 0.6) is 5.75 Å². The lowest BCUT2D eigenvalue weighted by atomic mass is 10.1. The van der Waals surface area contributed by atoms with Crippen LogP contribution >= 0.6 is 0 Å². The van der Waals surface area contributed by atoms with E-state index in [-0.39, 0.29) is 23.8 Å². The van der Waals surface area contributed by atoms with E-state index in [4.69, 9.17) is 9.47 Å². The molecule has 1 saturated heterocycles. The van der Waals surface area contributed by atoms with E-state index < -0.39 is 0 Å². The molecule has 11 heteroatoms. The Bertz CT molecular complexity index is 1730. The number of hydrogen-bond donors (Lipinski definition) is 3. The Morgan fingerprint density at radius 2 is 1.53 bits per heavy atom. The third-order valence-electron chi connectivity index (χ3n) is 7.94. The summed E-state index contributed by atoms with van der Waals surface area (Å²) in [6.45, 7) is 8.37. The number of benzene rings is 2. The van der Waals surface area contributed by atoms with Crippen molar-refractivity contribution in [2.45, 2.75) is 19.9 Å². The van der Waals surface area contributed by atoms with Crippen LogP contribution in [0.3, 0.4) is 0 Å². The van der Waals surface area contributed by atoms with Crippen LogP contribution in [0.15, 0.2) is 73.1 Å². The highest BCUT2D eigenvalue weighted by Crippen LogP contribution is 2.22. The van der Waals surface area contributed by atoms with Crippen molar-refractivity contribution in [1.82, 2.24) is 19.4 Å². The van der Waals surface area contributed by atoms with Gasteiger partial charge in [-0.05, 0) is 61.4 Å². The molecule has 1 aliphatic rings. The fourth-order valence-corrected chi connectivity index (χ4v) is 5.34. The summed E-state index contributed by atoms with van der Waals surface area (Å²) < 4.78 is 14.1. The quantitative estimate of drug-likeness (QED) is 0.185. The number of carbonyl (C=O) groups is 3. The molecule has 246 valence electrons. The van der Waals surface area contributed by atoms with E-state index in [1.165, 1.54) is 0 Å². The molecule has 0 atom stereocenters. The van der Waals surface area contributed by atoms with E-state index in [1.54, 1.807) is 55.4 Å². The number of nitrogens with zero attached hydrogens (tertiary/aromatic N) is 3. The first kappa shape index (κ1) is 33.2. The Labute approximate surface area is 275 Å². The maximum Gasteiger partial charge on any atom is 0.272 e. The molecule has 0 saturated carbocycles. The number of hydrogen-bond acceptors (Lipinski definition) is 6. The van der Waals surface area contributed by atoms with Crippen LogP contribution in [-0.2, 0) is 11.8 Å². The third kappa shape index (κ3) is 8.78. The second-order valence-corrected chi connectivity index (χ2v) is 11.7. The lowest BCUT2D eigenvalue weighted by Gasteiger charge is -2.26. The Morgan fingerprint density at radius 1 is 0.851 bits per heavy atom. The first-order valence-electron chi connectivity index (χ1n) is 15.7. The van der Waals surface area contributed by atoms with Gasteiger partial charge in [0, 0.05) is 57.2 Å². The molecule has 0 radical (unpaired) electrons. The summed E-state index contributed by atoms with van der Waals surface area (Å²) in [6.07, 6.45) is 7.40. The zero-order valence-corrected chi connectivity index (χ0v) is 27.3. The molecule has 11 nitrogen and oxygen atoms in total. The van der Waals surface area contributed by atoms with Gasteiger partial charge in [0.05, 0.1) is 31.7 Å². The molecule has 2 aromatic heterocycles. The van der Waals surface area contributed by atoms with E-state index in [0.29, 0.717) is 48.1 Å². The Balaban J connectivity index is 1.18. The fraction of sp³-hybridized carbons (Fsp3) is 0.306. The van der Waals surface area contributed by atoms with Crippen LogP contribution in [0.25, 0.3) is 12.2 Å². The van der Waals surface area contributed by atoms with Crippen molar-refractivity contribution in [3.8, 4) is 5.75 Å². The van der Waals surface area contributed by atoms with Crippen LogP contribution < -0.4 is 20.7 Å². The Hall–Kier alpha value is -5.13. The maximum absolute atomic E-state index is 13.3. The van der Waals surface area contributed by atoms with E-state index in [9.17, 15) is 14.4 Å². The van der Waals surface area contributed by atoms with Gasteiger partial charge in [-0.1, -0.05) is 36.4 Å². The standard InChI is InChI=1S/C36H42N6O5/c1-25(2)42-24-30(22-33(42)35(44)37-14-15-41-16-18-47-19-17-41)39-36(45)32-21-29(23-40(32)3)38-34(43)28-12-10-26(11-13-28)8-9-27-6-5-7-31(20-27)46-4/h5-13,20-25H,14-19H2,1-4H3,(H,37,44)(H,38,43)(H,39,45)/b9-8+. The normalized spacial score (nSPS) is 13.6. The molecule has 0 aliphatic carbocycles. The minimum absolute atomic E-state index is 0.00977. The molecule has 0 spiro atoms. The van der Waals surface area contributed by atoms with Crippen molar-refractivity contribution in [2.75, 3.05) is 57.1 Å². The van der Waals surface area contributed by atoms with E-state index >= 15 is 0 Å². The van der Waals surface area contributed by atoms with Crippen molar-refractivity contribution < 1.29 is 23.9 Å². The molecule has 2 aromatic carbocycles. The molecule has 3 N–H and O–H groups in total. The molecule has 47 heavy (non-hydrogen) atoms. The van der Waals surface area contributed by atoms with Crippen LogP contribution in [-0.4, -0.2) is 78.3 Å². The average molecular weight is 639 g/mol. The molecule has 3 heterocycles. The lowest BCUT2D eigenvalue weighted by Crippen LogP contribution is -2.41. The Kier molecular flexibility index (Phi) is 10.9. The predicted octanol–water partition coefficient (Wildman–Crippen LogP) is 5.15. The predicted molar refractivity (Wildman–Crippen MR) is 184 cm³/mol. The van der Waals surface area contributed by atoms with Crippen molar-refractivity contribution in [1.29, 1.82) is 0 Å². The molecule has 0 unspecified atom stereocenters. The van der Waals surface area contributed by atoms with Gasteiger partial charge in [-0.2, -0.15) is 0 Å². The Morgan fingerprint density at radius 3 is 2.26 bits per heavy atom. The maximum atomic E-state index is 13.3. The van der Waals surface area contributed by atoms with Crippen LogP contribution in [0.1, 0.15) is 62.4 Å². The smallest absolute Gasteiger partial charge is 0.272 e. The third-order valence-corrected chi connectivity index (χ3v) is 7.94. The number of aromatic nitrogens is 2. The second-order valence-electron chi connectivity index (χ2n) is 11.7. The second kappa shape index (κ2) is 15.4. The monoisotopic (exact) mass is 638 g/mol. The molecular formula is C36H42N6O5. The van der Waals surface area contributed by atoms with Gasteiger partial charge < -0.3 is 34.6 Å². The zero-order valence-electron chi connectivity index (χ0n) is 27.3. The molecule has 1 aliphatic heterocycles. The van der Waals surface area contributed by atoms with Crippen molar-refractivity contribution in [3.05, 3.63) is 101 Å². The SMILES string of the molecule is COc1cccc(/C=C/c2ccc(C(=O)Nc3cc(C(=O)Nc4cc(C(=O)NCCN5CCOCC5)n(C(C)C)c4)n(C)c3)cc2)c1.